The van der Waals surface area contributed by atoms with Crippen LogP contribution in [-0.2, 0) is 47.6 Å². The number of nitrogens with one attached hydrogen (secondary N) is 2. The number of amides is 2. The highest BCUT2D eigenvalue weighted by Gasteiger charge is 2.39. The zero-order valence-corrected chi connectivity index (χ0v) is 23.6. The van der Waals surface area contributed by atoms with E-state index >= 15 is 0 Å². The minimum atomic E-state index is -0.983. The van der Waals surface area contributed by atoms with Crippen LogP contribution < -0.4 is 10.6 Å². The summed E-state index contributed by atoms with van der Waals surface area (Å²) in [5, 5.41) is 14.1. The summed E-state index contributed by atoms with van der Waals surface area (Å²) in [6.07, 6.45) is 0.919. The lowest BCUT2D eigenvalue weighted by Gasteiger charge is -2.34. The average Bonchev–Trinajstić information content (AvgIpc) is 2.91. The second kappa shape index (κ2) is 19.6. The smallest absolute Gasteiger partial charge is 0.407 e. The van der Waals surface area contributed by atoms with Crippen LogP contribution in [0.4, 0.5) is 4.79 Å². The molecule has 1 aliphatic heterocycles. The van der Waals surface area contributed by atoms with Crippen LogP contribution in [0.2, 0.25) is 0 Å². The van der Waals surface area contributed by atoms with Crippen LogP contribution in [-0.4, -0.2) is 98.4 Å². The molecule has 1 rings (SSSR count). The van der Waals surface area contributed by atoms with Crippen molar-refractivity contribution in [1.29, 1.82) is 0 Å². The van der Waals surface area contributed by atoms with Crippen molar-refractivity contribution in [3.63, 3.8) is 0 Å². The number of aliphatic hydroxyl groups is 1. The Bertz CT molecular complexity index is 850. The Morgan fingerprint density at radius 3 is 2.20 bits per heavy atom. The van der Waals surface area contributed by atoms with E-state index in [1.807, 2.05) is 0 Å². The van der Waals surface area contributed by atoms with E-state index < -0.39 is 60.4 Å². The van der Waals surface area contributed by atoms with Gasteiger partial charge in [-0.05, 0) is 25.3 Å². The van der Waals surface area contributed by atoms with Crippen molar-refractivity contribution in [1.82, 2.24) is 10.6 Å². The molecule has 2 amide bonds. The fraction of sp³-hybridized carbons (Fsp3) is 0.731. The molecule has 5 atom stereocenters. The highest BCUT2D eigenvalue weighted by Crippen LogP contribution is 2.23. The van der Waals surface area contributed by atoms with Gasteiger partial charge in [0.25, 0.3) is 0 Å². The normalized spacial score (nSPS) is 22.4. The molecule has 0 aromatic rings. The van der Waals surface area contributed by atoms with Gasteiger partial charge in [0.1, 0.15) is 24.9 Å². The van der Waals surface area contributed by atoms with E-state index in [4.69, 9.17) is 33.5 Å². The molecular formula is C26H42N2O12. The summed E-state index contributed by atoms with van der Waals surface area (Å²) < 4.78 is 32.7. The Morgan fingerprint density at radius 2 is 1.57 bits per heavy atom. The van der Waals surface area contributed by atoms with Crippen molar-refractivity contribution in [2.45, 2.75) is 90.3 Å². The van der Waals surface area contributed by atoms with Gasteiger partial charge in [-0.2, -0.15) is 0 Å². The van der Waals surface area contributed by atoms with Crippen molar-refractivity contribution in [3.8, 4) is 0 Å². The average molecular weight is 575 g/mol. The molecule has 0 saturated carbocycles. The molecule has 0 saturated heterocycles. The zero-order chi connectivity index (χ0) is 29.9. The molecule has 0 unspecified atom stereocenters. The number of alkyl carbamates (subject to hydrolysis) is 1. The van der Waals surface area contributed by atoms with Crippen LogP contribution in [0.25, 0.3) is 0 Å². The van der Waals surface area contributed by atoms with Gasteiger partial charge in [0.2, 0.25) is 5.91 Å². The number of ether oxygens (including phenoxy) is 6. The van der Waals surface area contributed by atoms with Crippen molar-refractivity contribution in [2.24, 2.45) is 0 Å². The Labute approximate surface area is 234 Å². The maximum atomic E-state index is 12.1. The van der Waals surface area contributed by atoms with E-state index in [0.717, 1.165) is 0 Å². The van der Waals surface area contributed by atoms with Crippen molar-refractivity contribution in [3.05, 3.63) is 12.3 Å². The van der Waals surface area contributed by atoms with E-state index in [2.05, 4.69) is 10.6 Å². The van der Waals surface area contributed by atoms with Crippen LogP contribution in [0.1, 0.15) is 59.8 Å². The summed E-state index contributed by atoms with van der Waals surface area (Å²) in [5.41, 5.74) is 0. The molecule has 0 spiro atoms. The summed E-state index contributed by atoms with van der Waals surface area (Å²) >= 11 is 0. The van der Waals surface area contributed by atoms with E-state index in [-0.39, 0.29) is 32.8 Å². The van der Waals surface area contributed by atoms with Gasteiger partial charge in [-0.1, -0.05) is 0 Å². The number of carbonyl (C=O) groups is 5. The zero-order valence-electron chi connectivity index (χ0n) is 23.6. The first kappa shape index (κ1) is 34.6. The second-order valence-electron chi connectivity index (χ2n) is 9.10. The van der Waals surface area contributed by atoms with E-state index in [1.54, 1.807) is 0 Å². The Morgan fingerprint density at radius 1 is 0.875 bits per heavy atom. The summed E-state index contributed by atoms with van der Waals surface area (Å²) in [4.78, 5) is 58.8. The van der Waals surface area contributed by atoms with Crippen LogP contribution in [0.3, 0.4) is 0 Å². The summed E-state index contributed by atoms with van der Waals surface area (Å²) in [6, 6.07) is -0.859. The van der Waals surface area contributed by atoms with Gasteiger partial charge >= 0.3 is 24.0 Å². The number of carbonyl (C=O) groups excluding carboxylic acids is 5. The lowest BCUT2D eigenvalue weighted by molar-refractivity contribution is -0.165. The maximum Gasteiger partial charge on any atom is 0.407 e. The fourth-order valence-electron chi connectivity index (χ4n) is 3.85. The van der Waals surface area contributed by atoms with Crippen LogP contribution in [0.5, 0.6) is 0 Å². The predicted molar refractivity (Wildman–Crippen MR) is 139 cm³/mol. The van der Waals surface area contributed by atoms with Crippen LogP contribution >= 0.6 is 0 Å². The first-order chi connectivity index (χ1) is 19.0. The van der Waals surface area contributed by atoms with Crippen LogP contribution in [0.15, 0.2) is 12.3 Å². The maximum absolute atomic E-state index is 12.1. The second-order valence-corrected chi connectivity index (χ2v) is 9.10. The lowest BCUT2D eigenvalue weighted by Crippen LogP contribution is -2.53. The predicted octanol–water partition coefficient (Wildman–Crippen LogP) is 0.884. The number of esters is 3. The van der Waals surface area contributed by atoms with Gasteiger partial charge in [0, 0.05) is 60.3 Å². The van der Waals surface area contributed by atoms with Crippen molar-refractivity contribution < 1.29 is 57.5 Å². The molecule has 1 heterocycles. The molecule has 14 nitrogen and oxygen atoms in total. The summed E-state index contributed by atoms with van der Waals surface area (Å²) in [6.45, 7) is 5.49. The molecule has 0 fully saturated rings. The Kier molecular flexibility index (Phi) is 17.0. The fourth-order valence-corrected chi connectivity index (χ4v) is 3.85. The summed E-state index contributed by atoms with van der Waals surface area (Å²) in [5.74, 6) is -2.20. The molecule has 1 aliphatic rings. The SMILES string of the molecule is CC(=O)N[C@@H]1[C@@H](OC(C)=O)C[C@@H](OC(C)=O)[C@@H](COC(C)=O)OC=C[C@H]1OCCCCCNC(=O)OCCCO. The van der Waals surface area contributed by atoms with Gasteiger partial charge in [-0.25, -0.2) is 4.79 Å². The number of hydrogen-bond donors (Lipinski definition) is 3. The topological polar surface area (TPSA) is 185 Å². The highest BCUT2D eigenvalue weighted by atomic mass is 16.6. The minimum Gasteiger partial charge on any atom is -0.491 e. The molecule has 0 radical (unpaired) electrons. The molecule has 14 heteroatoms. The highest BCUT2D eigenvalue weighted by molar-refractivity contribution is 5.73. The minimum absolute atomic E-state index is 0.0539. The number of rotatable bonds is 15. The van der Waals surface area contributed by atoms with Gasteiger partial charge < -0.3 is 44.2 Å². The first-order valence-corrected chi connectivity index (χ1v) is 13.2. The molecule has 40 heavy (non-hydrogen) atoms. The molecule has 0 aromatic heterocycles. The molecule has 0 aliphatic carbocycles. The number of unbranched alkanes of at least 4 members (excludes halogenated alkanes) is 2. The van der Waals surface area contributed by atoms with Gasteiger partial charge in [-0.3, -0.25) is 19.2 Å². The van der Waals surface area contributed by atoms with Gasteiger partial charge in [0.15, 0.2) is 6.10 Å². The lowest BCUT2D eigenvalue weighted by atomic mass is 9.96. The first-order valence-electron chi connectivity index (χ1n) is 13.2. The molecule has 0 aromatic carbocycles. The molecular weight excluding hydrogens is 532 g/mol. The van der Waals surface area contributed by atoms with Crippen LogP contribution in [0, 0.1) is 0 Å². The standard InChI is InChI=1S/C26H42N2O12/c1-17(30)28-25-21(35-12-7-5-6-10-27-26(34)37-13-8-11-29)9-14-36-24(16-38-18(2)31)22(39-19(3)32)15-23(25)40-20(4)33/h9,14,21-25,29H,5-8,10-13,15-16H2,1-4H3,(H,27,34)(H,28,30)/t21-,22-,23+,24-,25+/m1/s1. The van der Waals surface area contributed by atoms with Crippen molar-refractivity contribution >= 4 is 29.9 Å². The Hall–Kier alpha value is -3.39. The van der Waals surface area contributed by atoms with E-state index in [1.165, 1.54) is 40.0 Å². The largest absolute Gasteiger partial charge is 0.491 e. The van der Waals surface area contributed by atoms with E-state index in [9.17, 15) is 24.0 Å². The number of hydrogen-bond acceptors (Lipinski definition) is 12. The third-order valence-corrected chi connectivity index (χ3v) is 5.55. The summed E-state index contributed by atoms with van der Waals surface area (Å²) in [7, 11) is 0. The molecule has 0 bridgehead atoms. The molecule has 3 N–H and O–H groups in total. The van der Waals surface area contributed by atoms with Gasteiger partial charge in [-0.15, -0.1) is 0 Å². The van der Waals surface area contributed by atoms with E-state index in [0.29, 0.717) is 32.2 Å². The monoisotopic (exact) mass is 574 g/mol. The van der Waals surface area contributed by atoms with Crippen molar-refractivity contribution in [2.75, 3.05) is 33.0 Å². The van der Waals surface area contributed by atoms with Gasteiger partial charge in [0.05, 0.1) is 18.9 Å². The third-order valence-electron chi connectivity index (χ3n) is 5.55. The Balaban J connectivity index is 2.92. The quantitative estimate of drug-likeness (QED) is 0.143. The third kappa shape index (κ3) is 15.3. The number of aliphatic hydroxyl groups excluding tert-OH is 1. The molecule has 228 valence electrons.